The van der Waals surface area contributed by atoms with Gasteiger partial charge in [0.2, 0.25) is 0 Å². The summed E-state index contributed by atoms with van der Waals surface area (Å²) < 4.78 is 0. The molecule has 0 unspecified atom stereocenters. The highest BCUT2D eigenvalue weighted by atomic mass is 16.4. The molecular formula is C17H23NO2. The highest BCUT2D eigenvalue weighted by Gasteiger charge is 2.54. The maximum absolute atomic E-state index is 11.6. The monoisotopic (exact) mass is 273 g/mol. The first kappa shape index (κ1) is 13.6. The molecule has 1 heterocycles. The third-order valence-corrected chi connectivity index (χ3v) is 5.17. The lowest BCUT2D eigenvalue weighted by molar-refractivity contribution is -0.149. The molecule has 1 N–H and O–H groups in total. The second-order valence-electron chi connectivity index (χ2n) is 6.52. The van der Waals surface area contributed by atoms with Crippen LogP contribution in [0.3, 0.4) is 0 Å². The summed E-state index contributed by atoms with van der Waals surface area (Å²) in [5, 5.41) is 9.59. The van der Waals surface area contributed by atoms with E-state index in [1.165, 1.54) is 11.1 Å². The number of likely N-dealkylation sites (tertiary alicyclic amines) is 1. The van der Waals surface area contributed by atoms with Gasteiger partial charge in [0.05, 0.1) is 5.41 Å². The molecule has 1 saturated carbocycles. The first-order chi connectivity index (χ1) is 9.60. The minimum Gasteiger partial charge on any atom is -0.481 e. The van der Waals surface area contributed by atoms with Gasteiger partial charge in [-0.2, -0.15) is 0 Å². The van der Waals surface area contributed by atoms with Crippen LogP contribution in [-0.2, 0) is 11.2 Å². The molecule has 3 nitrogen and oxygen atoms in total. The Morgan fingerprint density at radius 2 is 2.35 bits per heavy atom. The Balaban J connectivity index is 1.62. The van der Waals surface area contributed by atoms with E-state index < -0.39 is 11.4 Å². The number of fused-ring (bicyclic) bond motifs is 1. The van der Waals surface area contributed by atoms with Crippen molar-refractivity contribution in [2.24, 2.45) is 11.3 Å². The molecule has 1 aliphatic carbocycles. The summed E-state index contributed by atoms with van der Waals surface area (Å²) in [6, 6.07) is 8.60. The largest absolute Gasteiger partial charge is 0.481 e. The second kappa shape index (κ2) is 5.21. The maximum atomic E-state index is 11.6. The molecule has 0 aromatic heterocycles. The highest BCUT2D eigenvalue weighted by molar-refractivity contribution is 5.76. The smallest absolute Gasteiger partial charge is 0.311 e. The fraction of sp³-hybridized carbons (Fsp3) is 0.588. The number of benzene rings is 1. The van der Waals surface area contributed by atoms with Gasteiger partial charge in [0.25, 0.3) is 0 Å². The summed E-state index contributed by atoms with van der Waals surface area (Å²) in [6.45, 7) is 4.81. The molecule has 3 heteroatoms. The van der Waals surface area contributed by atoms with Crippen LogP contribution in [0.1, 0.15) is 30.4 Å². The van der Waals surface area contributed by atoms with Crippen LogP contribution in [0.5, 0.6) is 0 Å². The van der Waals surface area contributed by atoms with Gasteiger partial charge in [0.15, 0.2) is 0 Å². The maximum Gasteiger partial charge on any atom is 0.311 e. The first-order valence-corrected chi connectivity index (χ1v) is 7.61. The van der Waals surface area contributed by atoms with Gasteiger partial charge in [-0.05, 0) is 37.7 Å². The summed E-state index contributed by atoms with van der Waals surface area (Å²) in [5.41, 5.74) is 2.21. The van der Waals surface area contributed by atoms with Crippen molar-refractivity contribution in [1.29, 1.82) is 0 Å². The lowest BCUT2D eigenvalue weighted by Crippen LogP contribution is -2.36. The highest BCUT2D eigenvalue weighted by Crippen LogP contribution is 2.48. The lowest BCUT2D eigenvalue weighted by atomic mass is 9.81. The molecular weight excluding hydrogens is 250 g/mol. The van der Waals surface area contributed by atoms with Gasteiger partial charge in [-0.15, -0.1) is 0 Å². The third kappa shape index (κ3) is 2.35. The van der Waals surface area contributed by atoms with Crippen molar-refractivity contribution in [3.8, 4) is 0 Å². The fourth-order valence-electron chi connectivity index (χ4n) is 4.07. The summed E-state index contributed by atoms with van der Waals surface area (Å²) in [7, 11) is 0. The molecule has 20 heavy (non-hydrogen) atoms. The van der Waals surface area contributed by atoms with Crippen LogP contribution in [-0.4, -0.2) is 35.6 Å². The van der Waals surface area contributed by atoms with E-state index in [1.54, 1.807) is 0 Å². The van der Waals surface area contributed by atoms with Crippen molar-refractivity contribution in [1.82, 2.24) is 4.90 Å². The molecule has 1 saturated heterocycles. The third-order valence-electron chi connectivity index (χ3n) is 5.17. The van der Waals surface area contributed by atoms with Crippen molar-refractivity contribution in [2.75, 3.05) is 19.6 Å². The Morgan fingerprint density at radius 1 is 1.50 bits per heavy atom. The summed E-state index contributed by atoms with van der Waals surface area (Å²) >= 11 is 0. The molecule has 0 spiro atoms. The van der Waals surface area contributed by atoms with Gasteiger partial charge in [0, 0.05) is 19.6 Å². The number of aliphatic carboxylic acids is 1. The van der Waals surface area contributed by atoms with E-state index in [1.807, 2.05) is 0 Å². The Labute approximate surface area is 120 Å². The summed E-state index contributed by atoms with van der Waals surface area (Å²) in [6.07, 6.45) is 4.06. The van der Waals surface area contributed by atoms with Gasteiger partial charge in [-0.3, -0.25) is 4.79 Å². The van der Waals surface area contributed by atoms with Gasteiger partial charge >= 0.3 is 5.97 Å². The van der Waals surface area contributed by atoms with E-state index in [0.717, 1.165) is 45.3 Å². The first-order valence-electron chi connectivity index (χ1n) is 7.61. The number of nitrogens with zero attached hydrogens (tertiary/aromatic N) is 1. The molecule has 0 amide bonds. The number of carbonyl (C=O) groups is 1. The molecule has 3 rings (SSSR count). The summed E-state index contributed by atoms with van der Waals surface area (Å²) in [4.78, 5) is 14.0. The van der Waals surface area contributed by atoms with Gasteiger partial charge in [0.1, 0.15) is 0 Å². The average molecular weight is 273 g/mol. The van der Waals surface area contributed by atoms with Crippen LogP contribution in [0.2, 0.25) is 0 Å². The van der Waals surface area contributed by atoms with Crippen molar-refractivity contribution in [3.05, 3.63) is 35.4 Å². The van der Waals surface area contributed by atoms with E-state index in [9.17, 15) is 9.90 Å². The Kier molecular flexibility index (Phi) is 3.55. The zero-order valence-corrected chi connectivity index (χ0v) is 12.1. The average Bonchev–Trinajstić information content (AvgIpc) is 2.93. The van der Waals surface area contributed by atoms with Crippen LogP contribution in [0.25, 0.3) is 0 Å². The van der Waals surface area contributed by atoms with Gasteiger partial charge < -0.3 is 10.0 Å². The zero-order valence-electron chi connectivity index (χ0n) is 12.1. The van der Waals surface area contributed by atoms with Crippen molar-refractivity contribution in [3.63, 3.8) is 0 Å². The standard InChI is InChI=1S/C17H23NO2/c1-13-4-2-5-14(10-13)7-9-18-11-15-6-3-8-17(15,12-18)16(19)20/h2,4-5,10,15H,3,6-9,11-12H2,1H3,(H,19,20)/t15-,17+/m0/s1. The van der Waals surface area contributed by atoms with E-state index in [2.05, 4.69) is 36.1 Å². The Hall–Kier alpha value is -1.35. The normalized spacial score (nSPS) is 29.6. The minimum atomic E-state index is -0.571. The van der Waals surface area contributed by atoms with Crippen LogP contribution in [0.15, 0.2) is 24.3 Å². The fourth-order valence-corrected chi connectivity index (χ4v) is 4.07. The molecule has 2 aliphatic rings. The van der Waals surface area contributed by atoms with Gasteiger partial charge in [-0.1, -0.05) is 36.2 Å². The number of rotatable bonds is 4. The molecule has 1 aromatic rings. The zero-order chi connectivity index (χ0) is 14.2. The second-order valence-corrected chi connectivity index (χ2v) is 6.52. The van der Waals surface area contributed by atoms with E-state index in [0.29, 0.717) is 5.92 Å². The van der Waals surface area contributed by atoms with Crippen LogP contribution in [0.4, 0.5) is 0 Å². The molecule has 1 aromatic carbocycles. The van der Waals surface area contributed by atoms with E-state index >= 15 is 0 Å². The predicted octanol–water partition coefficient (Wildman–Crippen LogP) is 2.72. The van der Waals surface area contributed by atoms with E-state index in [4.69, 9.17) is 0 Å². The number of aryl methyl sites for hydroxylation is 1. The van der Waals surface area contributed by atoms with Crippen LogP contribution >= 0.6 is 0 Å². The number of hydrogen-bond donors (Lipinski definition) is 1. The molecule has 2 fully saturated rings. The molecule has 108 valence electrons. The molecule has 0 bridgehead atoms. The number of carboxylic acids is 1. The lowest BCUT2D eigenvalue weighted by Gasteiger charge is -2.23. The van der Waals surface area contributed by atoms with Gasteiger partial charge in [-0.25, -0.2) is 0 Å². The molecule has 1 aliphatic heterocycles. The van der Waals surface area contributed by atoms with Crippen molar-refractivity contribution < 1.29 is 9.90 Å². The quantitative estimate of drug-likeness (QED) is 0.917. The SMILES string of the molecule is Cc1cccc(CCN2C[C@@H]3CCC[C@@]3(C(=O)O)C2)c1. The Morgan fingerprint density at radius 3 is 3.05 bits per heavy atom. The predicted molar refractivity (Wildman–Crippen MR) is 78.7 cm³/mol. The van der Waals surface area contributed by atoms with Crippen molar-refractivity contribution in [2.45, 2.75) is 32.6 Å². The molecule has 0 radical (unpaired) electrons. The van der Waals surface area contributed by atoms with Crippen LogP contribution < -0.4 is 0 Å². The Bertz CT molecular complexity index is 513. The minimum absolute atomic E-state index is 0.373. The van der Waals surface area contributed by atoms with Crippen molar-refractivity contribution >= 4 is 5.97 Å². The molecule has 2 atom stereocenters. The van der Waals surface area contributed by atoms with E-state index in [-0.39, 0.29) is 0 Å². The summed E-state index contributed by atoms with van der Waals surface area (Å²) in [5.74, 6) is -0.199. The number of hydrogen-bond acceptors (Lipinski definition) is 2. The topological polar surface area (TPSA) is 40.5 Å². The number of carboxylic acid groups (broad SMARTS) is 1. The van der Waals surface area contributed by atoms with Crippen LogP contribution in [0, 0.1) is 18.3 Å².